The molecule has 0 bridgehead atoms. The van der Waals surface area contributed by atoms with Gasteiger partial charge in [-0.05, 0) is 6.42 Å². The van der Waals surface area contributed by atoms with Crippen molar-refractivity contribution in [3.05, 3.63) is 0 Å². The van der Waals surface area contributed by atoms with Gasteiger partial charge in [0.2, 0.25) is 11.8 Å². The summed E-state index contributed by atoms with van der Waals surface area (Å²) in [5.41, 5.74) is 5.27. The van der Waals surface area contributed by atoms with E-state index >= 15 is 0 Å². The number of hydrogen-bond acceptors (Lipinski definition) is 7. The summed E-state index contributed by atoms with van der Waals surface area (Å²) in [5.74, 6) is -3.99. The van der Waals surface area contributed by atoms with Crippen molar-refractivity contribution < 1.29 is 34.2 Å². The Balaban J connectivity index is 2.66. The first kappa shape index (κ1) is 17.9. The summed E-state index contributed by atoms with van der Waals surface area (Å²) in [4.78, 5) is 57.2. The molecule has 5 N–H and O–H groups in total. The Morgan fingerprint density at radius 1 is 1.36 bits per heavy atom. The summed E-state index contributed by atoms with van der Waals surface area (Å²) >= 11 is 0.755. The Bertz CT molecular complexity index is 510. The minimum atomic E-state index is -1.27. The van der Waals surface area contributed by atoms with E-state index in [1.807, 2.05) is 0 Å². The van der Waals surface area contributed by atoms with Crippen LogP contribution in [0, 0.1) is 0 Å². The molecule has 1 saturated heterocycles. The van der Waals surface area contributed by atoms with Gasteiger partial charge in [0.15, 0.2) is 0 Å². The van der Waals surface area contributed by atoms with Crippen molar-refractivity contribution in [2.24, 2.45) is 5.73 Å². The number of aliphatic carboxylic acids is 2. The molecule has 1 heterocycles. The van der Waals surface area contributed by atoms with Crippen LogP contribution in [0.5, 0.6) is 0 Å². The number of carboxylic acids is 2. The third kappa shape index (κ3) is 4.70. The van der Waals surface area contributed by atoms with Gasteiger partial charge in [0.05, 0.1) is 0 Å². The van der Waals surface area contributed by atoms with E-state index < -0.39 is 47.6 Å². The minimum absolute atomic E-state index is 0.0149. The normalized spacial score (nSPS) is 18.9. The molecule has 1 rings (SSSR count). The molecule has 22 heavy (non-hydrogen) atoms. The maximum Gasteiger partial charge on any atom is 0.322 e. The molecule has 0 aromatic heterocycles. The first-order chi connectivity index (χ1) is 10.2. The fraction of sp³-hybridized carbons (Fsp3) is 0.545. The summed E-state index contributed by atoms with van der Waals surface area (Å²) in [7, 11) is 0. The zero-order valence-electron chi connectivity index (χ0n) is 11.4. The number of carboxylic acid groups (broad SMARTS) is 2. The van der Waals surface area contributed by atoms with Crippen LogP contribution in [0.25, 0.3) is 0 Å². The zero-order chi connectivity index (χ0) is 16.9. The second-order valence-electron chi connectivity index (χ2n) is 4.45. The number of thioether (sulfide) groups is 1. The fourth-order valence-corrected chi connectivity index (χ4v) is 2.66. The smallest absolute Gasteiger partial charge is 0.322 e. The van der Waals surface area contributed by atoms with Crippen LogP contribution in [0.15, 0.2) is 0 Å². The molecule has 1 aliphatic heterocycles. The van der Waals surface area contributed by atoms with E-state index in [0.29, 0.717) is 0 Å². The Morgan fingerprint density at radius 2 is 2.00 bits per heavy atom. The molecule has 10 nitrogen and oxygen atoms in total. The van der Waals surface area contributed by atoms with Gasteiger partial charge in [-0.2, -0.15) is 0 Å². The van der Waals surface area contributed by atoms with E-state index in [1.54, 1.807) is 0 Å². The van der Waals surface area contributed by atoms with Crippen LogP contribution in [-0.2, 0) is 19.2 Å². The van der Waals surface area contributed by atoms with E-state index in [4.69, 9.17) is 15.9 Å². The van der Waals surface area contributed by atoms with Gasteiger partial charge in [0.25, 0.3) is 5.24 Å². The van der Waals surface area contributed by atoms with E-state index in [9.17, 15) is 24.0 Å². The van der Waals surface area contributed by atoms with Gasteiger partial charge in [0.1, 0.15) is 18.6 Å². The molecule has 0 saturated carbocycles. The predicted molar refractivity (Wildman–Crippen MR) is 74.0 cm³/mol. The Labute approximate surface area is 129 Å². The van der Waals surface area contributed by atoms with Gasteiger partial charge in [-0.1, -0.05) is 11.8 Å². The third-order valence-corrected chi connectivity index (χ3v) is 3.77. The van der Waals surface area contributed by atoms with Gasteiger partial charge in [-0.15, -0.1) is 0 Å². The lowest BCUT2D eigenvalue weighted by Gasteiger charge is -2.21. The molecule has 0 aromatic rings. The van der Waals surface area contributed by atoms with Crippen molar-refractivity contribution in [1.82, 2.24) is 10.2 Å². The van der Waals surface area contributed by atoms with E-state index in [1.165, 1.54) is 0 Å². The molecule has 0 aromatic carbocycles. The van der Waals surface area contributed by atoms with Crippen molar-refractivity contribution >= 4 is 40.8 Å². The Morgan fingerprint density at radius 3 is 2.55 bits per heavy atom. The molecule has 11 heteroatoms. The van der Waals surface area contributed by atoms with E-state index in [0.717, 1.165) is 16.7 Å². The van der Waals surface area contributed by atoms with Crippen molar-refractivity contribution in [3.8, 4) is 0 Å². The summed E-state index contributed by atoms with van der Waals surface area (Å²) < 4.78 is 0. The molecule has 122 valence electrons. The van der Waals surface area contributed by atoms with Crippen molar-refractivity contribution in [3.63, 3.8) is 0 Å². The van der Waals surface area contributed by atoms with Gasteiger partial charge in [-0.3, -0.25) is 28.9 Å². The average molecular weight is 333 g/mol. The second-order valence-corrected chi connectivity index (χ2v) is 5.42. The number of hydrogen-bond donors (Lipinski definition) is 4. The number of carbonyl (C=O) groups excluding carboxylic acids is 3. The minimum Gasteiger partial charge on any atom is -0.480 e. The lowest BCUT2D eigenvalue weighted by Crippen LogP contribution is -2.49. The van der Waals surface area contributed by atoms with Crippen molar-refractivity contribution in [2.45, 2.75) is 24.9 Å². The van der Waals surface area contributed by atoms with Gasteiger partial charge in [-0.25, -0.2) is 0 Å². The highest BCUT2D eigenvalue weighted by atomic mass is 32.2. The fourth-order valence-electron chi connectivity index (χ4n) is 1.69. The molecule has 0 aliphatic carbocycles. The quantitative estimate of drug-likeness (QED) is 0.431. The first-order valence-corrected chi connectivity index (χ1v) is 7.19. The van der Waals surface area contributed by atoms with Crippen LogP contribution in [0.2, 0.25) is 0 Å². The number of nitrogens with zero attached hydrogens (tertiary/aromatic N) is 1. The largest absolute Gasteiger partial charge is 0.480 e. The van der Waals surface area contributed by atoms with E-state index in [-0.39, 0.29) is 18.6 Å². The van der Waals surface area contributed by atoms with Crippen LogP contribution in [0.3, 0.4) is 0 Å². The van der Waals surface area contributed by atoms with Crippen molar-refractivity contribution in [2.75, 3.05) is 12.3 Å². The van der Waals surface area contributed by atoms with Gasteiger partial charge >= 0.3 is 11.9 Å². The number of carbonyl (C=O) groups is 5. The lowest BCUT2D eigenvalue weighted by molar-refractivity contribution is -0.139. The van der Waals surface area contributed by atoms with Crippen LogP contribution < -0.4 is 11.1 Å². The van der Waals surface area contributed by atoms with Gasteiger partial charge < -0.3 is 21.3 Å². The number of imide groups is 1. The molecule has 1 fully saturated rings. The Hall–Kier alpha value is -2.14. The molecule has 1 aliphatic rings. The van der Waals surface area contributed by atoms with Crippen LogP contribution in [-0.4, -0.2) is 68.5 Å². The number of rotatable bonds is 7. The highest BCUT2D eigenvalue weighted by Crippen LogP contribution is 2.25. The maximum absolute atomic E-state index is 12.0. The summed E-state index contributed by atoms with van der Waals surface area (Å²) in [6.45, 7) is -0.625. The second kappa shape index (κ2) is 7.75. The average Bonchev–Trinajstić information content (AvgIpc) is 2.83. The third-order valence-electron chi connectivity index (χ3n) is 2.84. The predicted octanol–water partition coefficient (Wildman–Crippen LogP) is -1.56. The first-order valence-electron chi connectivity index (χ1n) is 6.20. The van der Waals surface area contributed by atoms with E-state index in [2.05, 4.69) is 5.32 Å². The van der Waals surface area contributed by atoms with Crippen LogP contribution >= 0.6 is 11.8 Å². The molecule has 1 unspecified atom stereocenters. The standard InChI is InChI=1S/C11H15N3O7S/c12-5(10(19)20)1-2-7(15)14-6(4-22-11(14)21)9(18)13-3-8(16)17/h5-6H,1-4,12H2,(H,13,18)(H,16,17)(H,19,20)/t5-,6?/m0/s1. The topological polar surface area (TPSA) is 167 Å². The number of amides is 3. The van der Waals surface area contributed by atoms with Crippen LogP contribution in [0.1, 0.15) is 12.8 Å². The molecule has 2 atom stereocenters. The molecule has 0 radical (unpaired) electrons. The van der Waals surface area contributed by atoms with Gasteiger partial charge in [0, 0.05) is 12.2 Å². The summed E-state index contributed by atoms with van der Waals surface area (Å²) in [6.07, 6.45) is -0.478. The molecular formula is C11H15N3O7S. The monoisotopic (exact) mass is 333 g/mol. The molecular weight excluding hydrogens is 318 g/mol. The number of nitrogens with one attached hydrogen (secondary N) is 1. The van der Waals surface area contributed by atoms with Crippen molar-refractivity contribution in [1.29, 1.82) is 0 Å². The summed E-state index contributed by atoms with van der Waals surface area (Å²) in [6, 6.07) is -2.35. The summed E-state index contributed by atoms with van der Waals surface area (Å²) in [5, 5.41) is 18.6. The lowest BCUT2D eigenvalue weighted by atomic mass is 10.1. The van der Waals surface area contributed by atoms with Crippen LogP contribution in [0.4, 0.5) is 4.79 Å². The zero-order valence-corrected chi connectivity index (χ0v) is 12.2. The highest BCUT2D eigenvalue weighted by molar-refractivity contribution is 8.14. The maximum atomic E-state index is 12.0. The Kier molecular flexibility index (Phi) is 6.31. The highest BCUT2D eigenvalue weighted by Gasteiger charge is 2.40. The molecule has 0 spiro atoms. The molecule has 3 amide bonds. The SMILES string of the molecule is N[C@@H](CCC(=O)N1C(=O)SCC1C(=O)NCC(=O)O)C(=O)O. The number of nitrogens with two attached hydrogens (primary N) is 1.